The maximum Gasteiger partial charge on any atom is 0.251 e. The lowest BCUT2D eigenvalue weighted by atomic mass is 10.1. The van der Waals surface area contributed by atoms with Crippen molar-refractivity contribution in [2.24, 2.45) is 0 Å². The Morgan fingerprint density at radius 1 is 0.897 bits per heavy atom. The maximum atomic E-state index is 12.5. The van der Waals surface area contributed by atoms with Crippen molar-refractivity contribution < 1.29 is 4.79 Å². The Bertz CT molecular complexity index is 926. The number of nitrogens with one attached hydrogen (secondary N) is 1. The minimum absolute atomic E-state index is 0.0477. The Kier molecular flexibility index (Phi) is 6.08. The third-order valence-electron chi connectivity index (χ3n) is 5.48. The van der Waals surface area contributed by atoms with Crippen LogP contribution in [-0.2, 0) is 13.1 Å². The second-order valence-corrected chi connectivity index (χ2v) is 7.72. The van der Waals surface area contributed by atoms with Gasteiger partial charge in [0.2, 0.25) is 0 Å². The second kappa shape index (κ2) is 9.07. The van der Waals surface area contributed by atoms with Crippen molar-refractivity contribution in [1.29, 1.82) is 0 Å². The van der Waals surface area contributed by atoms with Gasteiger partial charge in [0.25, 0.3) is 5.91 Å². The van der Waals surface area contributed by atoms with Crippen LogP contribution in [0.1, 0.15) is 21.5 Å². The van der Waals surface area contributed by atoms with Gasteiger partial charge >= 0.3 is 0 Å². The Hall–Kier alpha value is -2.89. The molecule has 1 N–H and O–H groups in total. The lowest BCUT2D eigenvalue weighted by molar-refractivity contribution is 0.0951. The summed E-state index contributed by atoms with van der Waals surface area (Å²) < 4.78 is 2.02. The van der Waals surface area contributed by atoms with Crippen LogP contribution >= 0.6 is 0 Å². The van der Waals surface area contributed by atoms with Gasteiger partial charge in [-0.2, -0.15) is 0 Å². The van der Waals surface area contributed by atoms with Gasteiger partial charge in [-0.15, -0.1) is 0 Å². The van der Waals surface area contributed by atoms with Crippen LogP contribution in [0.2, 0.25) is 0 Å². The van der Waals surface area contributed by atoms with E-state index >= 15 is 0 Å². The first-order valence-electron chi connectivity index (χ1n) is 10.2. The van der Waals surface area contributed by atoms with Gasteiger partial charge in [-0.25, -0.2) is 0 Å². The average Bonchev–Trinajstić information content (AvgIpc) is 3.29. The number of nitrogens with zero attached hydrogens (tertiary/aromatic N) is 3. The van der Waals surface area contributed by atoms with Crippen molar-refractivity contribution in [2.45, 2.75) is 13.1 Å². The van der Waals surface area contributed by atoms with Crippen molar-refractivity contribution in [3.63, 3.8) is 0 Å². The predicted molar refractivity (Wildman–Crippen MR) is 116 cm³/mol. The summed E-state index contributed by atoms with van der Waals surface area (Å²) in [6.45, 7) is 5.97. The molecule has 0 spiro atoms. The number of amides is 1. The molecular weight excluding hydrogens is 360 g/mol. The molecule has 2 heterocycles. The van der Waals surface area contributed by atoms with Crippen LogP contribution in [0, 0.1) is 0 Å². The number of piperazine rings is 1. The smallest absolute Gasteiger partial charge is 0.251 e. The maximum absolute atomic E-state index is 12.5. The molecule has 1 aromatic heterocycles. The van der Waals surface area contributed by atoms with Crippen molar-refractivity contribution in [2.75, 3.05) is 33.2 Å². The molecule has 1 aliphatic heterocycles. The number of hydrogen-bond acceptors (Lipinski definition) is 3. The van der Waals surface area contributed by atoms with E-state index in [2.05, 4.69) is 46.4 Å². The van der Waals surface area contributed by atoms with Crippen LogP contribution in [0.5, 0.6) is 0 Å². The molecule has 1 saturated heterocycles. The number of carbonyl (C=O) groups is 1. The SMILES string of the molecule is CN1CCN(Cc2cccc(CNC(=O)c3ccc(-n4cccc4)cc3)c2)CC1. The number of rotatable bonds is 6. The third kappa shape index (κ3) is 5.13. The molecule has 0 unspecified atom stereocenters. The van der Waals surface area contributed by atoms with Gasteiger partial charge in [0, 0.05) is 62.9 Å². The molecule has 1 amide bonds. The van der Waals surface area contributed by atoms with Gasteiger partial charge in [0.15, 0.2) is 0 Å². The van der Waals surface area contributed by atoms with E-state index in [0.717, 1.165) is 44.0 Å². The molecule has 3 aromatic rings. The molecule has 2 aromatic carbocycles. The van der Waals surface area contributed by atoms with Crippen molar-refractivity contribution >= 4 is 5.91 Å². The number of likely N-dealkylation sites (N-methyl/N-ethyl adjacent to an activating group) is 1. The number of carbonyl (C=O) groups excluding carboxylic acids is 1. The molecule has 4 rings (SSSR count). The third-order valence-corrected chi connectivity index (χ3v) is 5.48. The molecule has 1 aliphatic rings. The molecule has 150 valence electrons. The number of benzene rings is 2. The molecule has 5 nitrogen and oxygen atoms in total. The van der Waals surface area contributed by atoms with Gasteiger partial charge < -0.3 is 14.8 Å². The van der Waals surface area contributed by atoms with Crippen LogP contribution in [0.3, 0.4) is 0 Å². The van der Waals surface area contributed by atoms with E-state index in [0.29, 0.717) is 12.1 Å². The van der Waals surface area contributed by atoms with Crippen LogP contribution in [-0.4, -0.2) is 53.5 Å². The number of aromatic nitrogens is 1. The first-order valence-corrected chi connectivity index (χ1v) is 10.2. The molecule has 0 aliphatic carbocycles. The Morgan fingerprint density at radius 3 is 2.31 bits per heavy atom. The summed E-state index contributed by atoms with van der Waals surface area (Å²) in [4.78, 5) is 17.4. The molecule has 0 bridgehead atoms. The Morgan fingerprint density at radius 2 is 1.59 bits per heavy atom. The summed E-state index contributed by atoms with van der Waals surface area (Å²) in [6, 6.07) is 20.2. The lowest BCUT2D eigenvalue weighted by Gasteiger charge is -2.32. The zero-order valence-electron chi connectivity index (χ0n) is 16.9. The predicted octanol–water partition coefficient (Wildman–Crippen LogP) is 3.15. The summed E-state index contributed by atoms with van der Waals surface area (Å²) in [7, 11) is 2.18. The minimum atomic E-state index is -0.0477. The summed E-state index contributed by atoms with van der Waals surface area (Å²) in [5.74, 6) is -0.0477. The topological polar surface area (TPSA) is 40.5 Å². The first-order chi connectivity index (χ1) is 14.2. The largest absolute Gasteiger partial charge is 0.348 e. The second-order valence-electron chi connectivity index (χ2n) is 7.72. The van der Waals surface area contributed by atoms with Crippen LogP contribution in [0.4, 0.5) is 0 Å². The zero-order valence-corrected chi connectivity index (χ0v) is 16.9. The van der Waals surface area contributed by atoms with Crippen LogP contribution in [0.25, 0.3) is 5.69 Å². The highest BCUT2D eigenvalue weighted by molar-refractivity contribution is 5.94. The minimum Gasteiger partial charge on any atom is -0.348 e. The van der Waals surface area contributed by atoms with Gasteiger partial charge in [0.1, 0.15) is 0 Å². The highest BCUT2D eigenvalue weighted by atomic mass is 16.1. The van der Waals surface area contributed by atoms with Crippen LogP contribution in [0.15, 0.2) is 73.1 Å². The molecule has 0 saturated carbocycles. The lowest BCUT2D eigenvalue weighted by Crippen LogP contribution is -2.43. The van der Waals surface area contributed by atoms with Crippen molar-refractivity contribution in [3.8, 4) is 5.69 Å². The molecule has 1 fully saturated rings. The van der Waals surface area contributed by atoms with Gasteiger partial charge in [0.05, 0.1) is 0 Å². The standard InChI is InChI=1S/C24H28N4O/c1-26-13-15-27(16-14-26)19-21-6-4-5-20(17-21)18-25-24(29)22-7-9-23(10-8-22)28-11-2-3-12-28/h2-12,17H,13-16,18-19H2,1H3,(H,25,29). The molecule has 29 heavy (non-hydrogen) atoms. The van der Waals surface area contributed by atoms with Crippen molar-refractivity contribution in [1.82, 2.24) is 19.7 Å². The van der Waals surface area contributed by atoms with E-state index in [9.17, 15) is 4.79 Å². The summed E-state index contributed by atoms with van der Waals surface area (Å²) in [5, 5.41) is 3.04. The van der Waals surface area contributed by atoms with Crippen molar-refractivity contribution in [3.05, 3.63) is 89.7 Å². The summed E-state index contributed by atoms with van der Waals surface area (Å²) in [5.41, 5.74) is 4.16. The fourth-order valence-corrected chi connectivity index (χ4v) is 3.68. The van der Waals surface area contributed by atoms with Gasteiger partial charge in [-0.05, 0) is 54.6 Å². The highest BCUT2D eigenvalue weighted by Crippen LogP contribution is 2.12. The van der Waals surface area contributed by atoms with E-state index in [4.69, 9.17) is 0 Å². The molecule has 5 heteroatoms. The first kappa shape index (κ1) is 19.4. The molecule has 0 atom stereocenters. The monoisotopic (exact) mass is 388 g/mol. The van der Waals surface area contributed by atoms with E-state index in [1.807, 2.05) is 53.4 Å². The van der Waals surface area contributed by atoms with Gasteiger partial charge in [-0.3, -0.25) is 9.69 Å². The van der Waals surface area contributed by atoms with E-state index in [1.54, 1.807) is 0 Å². The highest BCUT2D eigenvalue weighted by Gasteiger charge is 2.14. The van der Waals surface area contributed by atoms with E-state index < -0.39 is 0 Å². The normalized spacial score (nSPS) is 15.3. The number of hydrogen-bond donors (Lipinski definition) is 1. The Labute approximate surface area is 172 Å². The van der Waals surface area contributed by atoms with Gasteiger partial charge in [-0.1, -0.05) is 24.3 Å². The average molecular weight is 389 g/mol. The van der Waals surface area contributed by atoms with E-state index in [-0.39, 0.29) is 5.91 Å². The molecular formula is C24H28N4O. The van der Waals surface area contributed by atoms with E-state index in [1.165, 1.54) is 5.56 Å². The summed E-state index contributed by atoms with van der Waals surface area (Å²) >= 11 is 0. The molecule has 0 radical (unpaired) electrons. The fraction of sp³-hybridized carbons (Fsp3) is 0.292. The summed E-state index contributed by atoms with van der Waals surface area (Å²) in [6.07, 6.45) is 3.98. The zero-order chi connectivity index (χ0) is 20.1. The quantitative estimate of drug-likeness (QED) is 0.705. The van der Waals surface area contributed by atoms with Crippen LogP contribution < -0.4 is 5.32 Å². The fourth-order valence-electron chi connectivity index (χ4n) is 3.68. The Balaban J connectivity index is 1.32.